The Hall–Kier alpha value is -2.02. The number of nitrogens with one attached hydrogen (secondary N) is 1. The maximum absolute atomic E-state index is 12.2. The maximum Gasteiger partial charge on any atom is 0.282 e. The Morgan fingerprint density at radius 2 is 1.81 bits per heavy atom. The predicted molar refractivity (Wildman–Crippen MR) is 83.2 cm³/mol. The van der Waals surface area contributed by atoms with Gasteiger partial charge < -0.3 is 4.90 Å². The first kappa shape index (κ1) is 15.4. The van der Waals surface area contributed by atoms with Crippen LogP contribution in [0.15, 0.2) is 24.3 Å². The van der Waals surface area contributed by atoms with Gasteiger partial charge in [-0.3, -0.25) is 20.2 Å². The summed E-state index contributed by atoms with van der Waals surface area (Å²) in [4.78, 5) is 24.5. The zero-order chi connectivity index (χ0) is 15.2. The molecule has 1 amide bonds. The van der Waals surface area contributed by atoms with Crippen LogP contribution in [0.4, 0.5) is 5.69 Å². The molecule has 112 valence electrons. The topological polar surface area (TPSA) is 75.5 Å². The van der Waals surface area contributed by atoms with E-state index in [1.54, 1.807) is 6.07 Å². The second-order valence-corrected chi connectivity index (χ2v) is 5.32. The van der Waals surface area contributed by atoms with E-state index in [9.17, 15) is 14.9 Å². The summed E-state index contributed by atoms with van der Waals surface area (Å²) in [6, 6.07) is 5.86. The average Bonchev–Trinajstić information content (AvgIpc) is 2.76. The van der Waals surface area contributed by atoms with Gasteiger partial charge in [0, 0.05) is 19.2 Å². The number of para-hydroxylation sites is 1. The van der Waals surface area contributed by atoms with Crippen LogP contribution in [-0.4, -0.2) is 33.9 Å². The van der Waals surface area contributed by atoms with Crippen LogP contribution in [0.3, 0.4) is 0 Å². The quantitative estimate of drug-likeness (QED) is 0.516. The van der Waals surface area contributed by atoms with Crippen LogP contribution in [0.25, 0.3) is 0 Å². The van der Waals surface area contributed by atoms with E-state index in [4.69, 9.17) is 12.2 Å². The Balaban J connectivity index is 2.07. The highest BCUT2D eigenvalue weighted by Crippen LogP contribution is 2.17. The Morgan fingerprint density at radius 1 is 1.19 bits per heavy atom. The normalized spacial score (nSPS) is 15.1. The van der Waals surface area contributed by atoms with Crippen molar-refractivity contribution in [1.82, 2.24) is 10.2 Å². The van der Waals surface area contributed by atoms with E-state index < -0.39 is 10.8 Å². The molecule has 0 unspecified atom stereocenters. The van der Waals surface area contributed by atoms with Gasteiger partial charge in [0.25, 0.3) is 11.6 Å². The minimum absolute atomic E-state index is 0.0275. The van der Waals surface area contributed by atoms with Crippen molar-refractivity contribution in [2.24, 2.45) is 0 Å². The summed E-state index contributed by atoms with van der Waals surface area (Å²) in [5.74, 6) is -0.531. The highest BCUT2D eigenvalue weighted by Gasteiger charge is 2.21. The summed E-state index contributed by atoms with van der Waals surface area (Å²) in [6.07, 6.45) is 4.41. The van der Waals surface area contributed by atoms with Gasteiger partial charge in [0.1, 0.15) is 5.56 Å². The molecule has 0 bridgehead atoms. The van der Waals surface area contributed by atoms with Crippen LogP contribution in [0, 0.1) is 10.1 Å². The highest BCUT2D eigenvalue weighted by atomic mass is 32.1. The fraction of sp³-hybridized carbons (Fsp3) is 0.429. The fourth-order valence-corrected chi connectivity index (χ4v) is 2.62. The van der Waals surface area contributed by atoms with Crippen molar-refractivity contribution < 1.29 is 9.72 Å². The molecule has 0 radical (unpaired) electrons. The monoisotopic (exact) mass is 307 g/mol. The van der Waals surface area contributed by atoms with Crippen molar-refractivity contribution in [2.45, 2.75) is 25.7 Å². The van der Waals surface area contributed by atoms with Crippen molar-refractivity contribution >= 4 is 28.9 Å². The van der Waals surface area contributed by atoms with E-state index >= 15 is 0 Å². The number of benzene rings is 1. The molecule has 0 saturated carbocycles. The number of nitrogens with zero attached hydrogens (tertiary/aromatic N) is 2. The molecule has 1 fully saturated rings. The van der Waals surface area contributed by atoms with Crippen molar-refractivity contribution in [3.05, 3.63) is 39.9 Å². The van der Waals surface area contributed by atoms with Gasteiger partial charge in [0.15, 0.2) is 5.11 Å². The minimum atomic E-state index is -0.566. The van der Waals surface area contributed by atoms with Crippen molar-refractivity contribution in [3.8, 4) is 0 Å². The molecule has 0 aliphatic carbocycles. The molecule has 1 heterocycles. The number of thiocarbonyl (C=S) groups is 1. The maximum atomic E-state index is 12.2. The zero-order valence-electron chi connectivity index (χ0n) is 11.6. The second kappa shape index (κ2) is 7.12. The number of nitro groups is 1. The molecule has 1 aromatic carbocycles. The number of carbonyl (C=O) groups is 1. The Kier molecular flexibility index (Phi) is 5.21. The van der Waals surface area contributed by atoms with Gasteiger partial charge in [-0.25, -0.2) is 0 Å². The van der Waals surface area contributed by atoms with Crippen molar-refractivity contribution in [3.63, 3.8) is 0 Å². The molecule has 6 nitrogen and oxygen atoms in total. The zero-order valence-corrected chi connectivity index (χ0v) is 12.4. The van der Waals surface area contributed by atoms with E-state index in [1.165, 1.54) is 18.2 Å². The number of carbonyl (C=O) groups excluding carboxylic acids is 1. The van der Waals surface area contributed by atoms with Gasteiger partial charge in [-0.05, 0) is 31.1 Å². The first-order valence-corrected chi connectivity index (χ1v) is 7.34. The Labute approximate surface area is 128 Å². The minimum Gasteiger partial charge on any atom is -0.349 e. The molecule has 0 spiro atoms. The Bertz CT molecular complexity index is 554. The second-order valence-electron chi connectivity index (χ2n) is 4.93. The number of hydrogen-bond donors (Lipinski definition) is 1. The molecule has 0 aromatic heterocycles. The van der Waals surface area contributed by atoms with E-state index in [0.717, 1.165) is 38.8 Å². The van der Waals surface area contributed by atoms with E-state index in [2.05, 4.69) is 5.32 Å². The fourth-order valence-electron chi connectivity index (χ4n) is 2.34. The molecular formula is C14H17N3O3S. The predicted octanol–water partition coefficient (Wildman–Crippen LogP) is 2.49. The van der Waals surface area contributed by atoms with Gasteiger partial charge in [-0.15, -0.1) is 0 Å². The first-order chi connectivity index (χ1) is 10.1. The van der Waals surface area contributed by atoms with Crippen molar-refractivity contribution in [2.75, 3.05) is 13.1 Å². The SMILES string of the molecule is O=C(NC(=S)N1CCCCCC1)c1ccccc1[N+](=O)[O-]. The third kappa shape index (κ3) is 3.98. The molecule has 1 saturated heterocycles. The van der Waals surface area contributed by atoms with Crippen LogP contribution in [0.2, 0.25) is 0 Å². The lowest BCUT2D eigenvalue weighted by molar-refractivity contribution is -0.385. The molecule has 1 aromatic rings. The molecule has 7 heteroatoms. The van der Waals surface area contributed by atoms with Gasteiger partial charge in [0.05, 0.1) is 4.92 Å². The van der Waals surface area contributed by atoms with E-state index in [-0.39, 0.29) is 11.3 Å². The summed E-state index contributed by atoms with van der Waals surface area (Å²) >= 11 is 5.24. The summed E-state index contributed by atoms with van der Waals surface area (Å²) in [7, 11) is 0. The van der Waals surface area contributed by atoms with Crippen molar-refractivity contribution in [1.29, 1.82) is 0 Å². The first-order valence-electron chi connectivity index (χ1n) is 6.93. The van der Waals surface area contributed by atoms with Crippen LogP contribution in [0.1, 0.15) is 36.0 Å². The lowest BCUT2D eigenvalue weighted by Crippen LogP contribution is -2.43. The van der Waals surface area contributed by atoms with Gasteiger partial charge in [0.2, 0.25) is 0 Å². The largest absolute Gasteiger partial charge is 0.349 e. The molecule has 1 aliphatic heterocycles. The molecule has 21 heavy (non-hydrogen) atoms. The highest BCUT2D eigenvalue weighted by molar-refractivity contribution is 7.80. The number of rotatable bonds is 2. The molecule has 0 atom stereocenters. The molecular weight excluding hydrogens is 290 g/mol. The van der Waals surface area contributed by atoms with Crippen LogP contribution >= 0.6 is 12.2 Å². The molecule has 2 rings (SSSR count). The summed E-state index contributed by atoms with van der Waals surface area (Å²) in [5.41, 5.74) is -0.187. The summed E-state index contributed by atoms with van der Waals surface area (Å²) in [6.45, 7) is 1.63. The number of nitro benzene ring substituents is 1. The van der Waals surface area contributed by atoms with Crippen LogP contribution in [0.5, 0.6) is 0 Å². The number of likely N-dealkylation sites (tertiary alicyclic amines) is 1. The average molecular weight is 307 g/mol. The summed E-state index contributed by atoms with van der Waals surface area (Å²) < 4.78 is 0. The van der Waals surface area contributed by atoms with Crippen LogP contribution in [-0.2, 0) is 0 Å². The standard InChI is InChI=1S/C14H17N3O3S/c18-13(11-7-3-4-8-12(11)17(19)20)15-14(21)16-9-5-1-2-6-10-16/h3-4,7-8H,1-2,5-6,9-10H2,(H,15,18,21). The Morgan fingerprint density at radius 3 is 2.43 bits per heavy atom. The van der Waals surface area contributed by atoms with Crippen LogP contribution < -0.4 is 5.32 Å². The van der Waals surface area contributed by atoms with Gasteiger partial charge >= 0.3 is 0 Å². The number of hydrogen-bond acceptors (Lipinski definition) is 4. The molecule has 1 N–H and O–H groups in total. The lowest BCUT2D eigenvalue weighted by atomic mass is 10.1. The summed E-state index contributed by atoms with van der Waals surface area (Å²) in [5, 5.41) is 13.9. The lowest BCUT2D eigenvalue weighted by Gasteiger charge is -2.23. The van der Waals surface area contributed by atoms with E-state index in [1.807, 2.05) is 4.90 Å². The van der Waals surface area contributed by atoms with Gasteiger partial charge in [-0.2, -0.15) is 0 Å². The third-order valence-electron chi connectivity index (χ3n) is 3.46. The third-order valence-corrected chi connectivity index (χ3v) is 3.82. The van der Waals surface area contributed by atoms with Gasteiger partial charge in [-0.1, -0.05) is 25.0 Å². The smallest absolute Gasteiger partial charge is 0.282 e. The molecule has 1 aliphatic rings. The number of amides is 1. The van der Waals surface area contributed by atoms with E-state index in [0.29, 0.717) is 5.11 Å².